The molecule has 0 spiro atoms. The fourth-order valence-corrected chi connectivity index (χ4v) is 2.63. The zero-order valence-corrected chi connectivity index (χ0v) is 13.5. The van der Waals surface area contributed by atoms with Gasteiger partial charge < -0.3 is 10.3 Å². The number of amides is 1. The molecule has 0 aliphatic carbocycles. The predicted molar refractivity (Wildman–Crippen MR) is 81.8 cm³/mol. The molecule has 0 fully saturated rings. The lowest BCUT2D eigenvalue weighted by atomic mass is 10.1. The van der Waals surface area contributed by atoms with E-state index in [4.69, 9.17) is 0 Å². The molecule has 22 heavy (non-hydrogen) atoms. The summed E-state index contributed by atoms with van der Waals surface area (Å²) in [7, 11) is 0. The van der Waals surface area contributed by atoms with E-state index < -0.39 is 0 Å². The first-order valence-corrected chi connectivity index (χ1v) is 7.25. The van der Waals surface area contributed by atoms with Crippen LogP contribution in [0.1, 0.15) is 64.7 Å². The summed E-state index contributed by atoms with van der Waals surface area (Å²) in [6.07, 6.45) is 1.47. The molecule has 2 aromatic rings. The van der Waals surface area contributed by atoms with Gasteiger partial charge in [-0.3, -0.25) is 9.59 Å². The molecule has 0 saturated heterocycles. The van der Waals surface area contributed by atoms with Gasteiger partial charge in [-0.1, -0.05) is 0 Å². The Hall–Kier alpha value is -2.44. The van der Waals surface area contributed by atoms with Gasteiger partial charge in [-0.2, -0.15) is 5.10 Å². The van der Waals surface area contributed by atoms with Crippen molar-refractivity contribution >= 4 is 11.7 Å². The van der Waals surface area contributed by atoms with Crippen LogP contribution in [-0.4, -0.2) is 31.4 Å². The van der Waals surface area contributed by atoms with Crippen LogP contribution in [0.25, 0.3) is 0 Å². The summed E-state index contributed by atoms with van der Waals surface area (Å²) in [4.78, 5) is 31.3. The maximum Gasteiger partial charge on any atom is 0.253 e. The lowest BCUT2D eigenvalue weighted by molar-refractivity contribution is 0.0936. The number of rotatable bonds is 5. The Balaban J connectivity index is 2.25. The van der Waals surface area contributed by atoms with Crippen LogP contribution in [0.2, 0.25) is 0 Å². The minimum absolute atomic E-state index is 0.0848. The number of aromatic amines is 1. The molecule has 0 saturated carbocycles. The molecule has 2 N–H and O–H groups in total. The molecule has 118 valence electrons. The largest absolute Gasteiger partial charge is 0.355 e. The Morgan fingerprint density at radius 2 is 2.09 bits per heavy atom. The van der Waals surface area contributed by atoms with E-state index in [0.29, 0.717) is 34.9 Å². The second-order valence-corrected chi connectivity index (χ2v) is 5.31. The van der Waals surface area contributed by atoms with E-state index in [1.165, 1.54) is 13.3 Å². The summed E-state index contributed by atoms with van der Waals surface area (Å²) in [5.74, 6) is 0.392. The van der Waals surface area contributed by atoms with Crippen molar-refractivity contribution in [2.75, 3.05) is 0 Å². The molecule has 7 nitrogen and oxygen atoms in total. The van der Waals surface area contributed by atoms with Crippen molar-refractivity contribution in [3.05, 3.63) is 34.7 Å². The van der Waals surface area contributed by atoms with Crippen LogP contribution in [-0.2, 0) is 6.54 Å². The number of aromatic nitrogens is 4. The lowest BCUT2D eigenvalue weighted by Crippen LogP contribution is -2.29. The highest BCUT2D eigenvalue weighted by Crippen LogP contribution is 2.19. The van der Waals surface area contributed by atoms with Crippen molar-refractivity contribution in [3.63, 3.8) is 0 Å². The first-order chi connectivity index (χ1) is 10.4. The third kappa shape index (κ3) is 2.79. The number of aryl methyl sites for hydroxylation is 2. The Kier molecular flexibility index (Phi) is 4.44. The number of nitrogens with one attached hydrogen (secondary N) is 2. The number of carbonyl (C=O) groups is 2. The van der Waals surface area contributed by atoms with Crippen molar-refractivity contribution < 1.29 is 9.59 Å². The second kappa shape index (κ2) is 6.13. The first kappa shape index (κ1) is 15.9. The number of hydrogen-bond donors (Lipinski definition) is 2. The zero-order chi connectivity index (χ0) is 16.4. The monoisotopic (exact) mass is 303 g/mol. The lowest BCUT2D eigenvalue weighted by Gasteiger charge is -2.14. The molecule has 0 aromatic carbocycles. The van der Waals surface area contributed by atoms with Crippen LogP contribution < -0.4 is 5.32 Å². The molecular weight excluding hydrogens is 282 g/mol. The first-order valence-electron chi connectivity index (χ1n) is 7.25. The topological polar surface area (TPSA) is 92.7 Å². The van der Waals surface area contributed by atoms with Gasteiger partial charge in [-0.25, -0.2) is 9.67 Å². The van der Waals surface area contributed by atoms with Crippen LogP contribution in [0.5, 0.6) is 0 Å². The van der Waals surface area contributed by atoms with Crippen LogP contribution in [0, 0.1) is 13.8 Å². The minimum Gasteiger partial charge on any atom is -0.355 e. The number of H-pyrrole nitrogens is 1. The van der Waals surface area contributed by atoms with Gasteiger partial charge in [0, 0.05) is 19.2 Å². The molecule has 0 radical (unpaired) electrons. The van der Waals surface area contributed by atoms with Gasteiger partial charge >= 0.3 is 0 Å². The second-order valence-electron chi connectivity index (χ2n) is 5.31. The van der Waals surface area contributed by atoms with Gasteiger partial charge in [-0.15, -0.1) is 0 Å². The summed E-state index contributed by atoms with van der Waals surface area (Å²) >= 11 is 0. The highest BCUT2D eigenvalue weighted by Gasteiger charge is 2.22. The molecule has 0 aliphatic heterocycles. The van der Waals surface area contributed by atoms with Gasteiger partial charge in [0.25, 0.3) is 5.91 Å². The Morgan fingerprint density at radius 3 is 2.64 bits per heavy atom. The Morgan fingerprint density at radius 1 is 1.41 bits per heavy atom. The fraction of sp³-hybridized carbons (Fsp3) is 0.467. The highest BCUT2D eigenvalue weighted by molar-refractivity contribution is 6.02. The molecule has 0 bridgehead atoms. The molecule has 2 heterocycles. The Bertz CT molecular complexity index is 714. The molecule has 1 atom stereocenters. The minimum atomic E-state index is -0.274. The number of hydrogen-bond acceptors (Lipinski definition) is 4. The third-order valence-corrected chi connectivity index (χ3v) is 3.70. The van der Waals surface area contributed by atoms with Gasteiger partial charge in [0.1, 0.15) is 12.2 Å². The average Bonchev–Trinajstić information content (AvgIpc) is 3.02. The smallest absolute Gasteiger partial charge is 0.253 e. The summed E-state index contributed by atoms with van der Waals surface area (Å²) in [5, 5.41) is 7.02. The van der Waals surface area contributed by atoms with Crippen LogP contribution in [0.4, 0.5) is 0 Å². The maximum absolute atomic E-state index is 12.5. The Labute approximate surface area is 129 Å². The summed E-state index contributed by atoms with van der Waals surface area (Å²) in [5.41, 5.74) is 2.35. The van der Waals surface area contributed by atoms with Gasteiger partial charge in [-0.05, 0) is 33.3 Å². The predicted octanol–water partition coefficient (Wildman–Crippen LogP) is 1.94. The van der Waals surface area contributed by atoms with Gasteiger partial charge in [0.15, 0.2) is 5.78 Å². The van der Waals surface area contributed by atoms with Crippen molar-refractivity contribution in [2.24, 2.45) is 0 Å². The third-order valence-electron chi connectivity index (χ3n) is 3.70. The molecule has 7 heteroatoms. The normalized spacial score (nSPS) is 12.2. The average molecular weight is 303 g/mol. The van der Waals surface area contributed by atoms with E-state index in [1.54, 1.807) is 18.5 Å². The number of carbonyl (C=O) groups excluding carboxylic acids is 2. The summed E-state index contributed by atoms with van der Waals surface area (Å²) in [6.45, 7) is 9.55. The van der Waals surface area contributed by atoms with Crippen molar-refractivity contribution in [1.29, 1.82) is 0 Å². The van der Waals surface area contributed by atoms with E-state index in [0.717, 1.165) is 0 Å². The van der Waals surface area contributed by atoms with E-state index in [1.807, 2.05) is 13.8 Å². The number of ketones is 1. The molecular formula is C15H21N5O2. The maximum atomic E-state index is 12.5. The van der Waals surface area contributed by atoms with E-state index in [-0.39, 0.29) is 17.7 Å². The van der Waals surface area contributed by atoms with Gasteiger partial charge in [0.05, 0.1) is 17.3 Å². The standard InChI is InChI=1S/C15H21N5O2/c1-6-20-14(16-7-17-20)10(4)19-15(22)12-8(2)13(11(5)21)18-9(12)3/h7,10,18H,6H2,1-5H3,(H,19,22)/t10-/m1/s1. The molecule has 2 aromatic heterocycles. The van der Waals surface area contributed by atoms with E-state index in [2.05, 4.69) is 20.4 Å². The zero-order valence-electron chi connectivity index (χ0n) is 13.5. The molecule has 1 amide bonds. The molecule has 0 aliphatic rings. The summed E-state index contributed by atoms with van der Waals surface area (Å²) in [6, 6.07) is -0.274. The van der Waals surface area contributed by atoms with Crippen molar-refractivity contribution in [3.8, 4) is 0 Å². The summed E-state index contributed by atoms with van der Waals surface area (Å²) < 4.78 is 1.74. The van der Waals surface area contributed by atoms with Gasteiger partial charge in [0.2, 0.25) is 0 Å². The highest BCUT2D eigenvalue weighted by atomic mass is 16.2. The van der Waals surface area contributed by atoms with E-state index >= 15 is 0 Å². The van der Waals surface area contributed by atoms with Crippen LogP contribution in [0.3, 0.4) is 0 Å². The van der Waals surface area contributed by atoms with E-state index in [9.17, 15) is 9.59 Å². The number of nitrogens with zero attached hydrogens (tertiary/aromatic N) is 3. The number of Topliss-reactive ketones (excluding diaryl/α,β-unsaturated/α-hetero) is 1. The van der Waals surface area contributed by atoms with Crippen LogP contribution in [0.15, 0.2) is 6.33 Å². The van der Waals surface area contributed by atoms with Crippen molar-refractivity contribution in [2.45, 2.75) is 47.2 Å². The van der Waals surface area contributed by atoms with Crippen LogP contribution >= 0.6 is 0 Å². The molecule has 0 unspecified atom stereocenters. The fourth-order valence-electron chi connectivity index (χ4n) is 2.63. The SMILES string of the molecule is CCn1ncnc1[C@@H](C)NC(=O)c1c(C)[nH]c(C(C)=O)c1C. The van der Waals surface area contributed by atoms with Crippen molar-refractivity contribution in [1.82, 2.24) is 25.1 Å². The quantitative estimate of drug-likeness (QED) is 0.825. The molecule has 2 rings (SSSR count).